The Morgan fingerprint density at radius 1 is 1.22 bits per heavy atom. The predicted octanol–water partition coefficient (Wildman–Crippen LogP) is 1.77. The topological polar surface area (TPSA) is 58.2 Å². The minimum Gasteiger partial charge on any atom is -0.323 e. The highest BCUT2D eigenvalue weighted by molar-refractivity contribution is 7.99. The molecular weight excluding hydrogens is 248 g/mol. The van der Waals surface area contributed by atoms with Crippen molar-refractivity contribution in [2.75, 3.05) is 5.75 Å². The van der Waals surface area contributed by atoms with Crippen molar-refractivity contribution < 1.29 is 9.59 Å². The lowest BCUT2D eigenvalue weighted by atomic mass is 9.69. The van der Waals surface area contributed by atoms with E-state index in [4.69, 9.17) is 0 Å². The van der Waals surface area contributed by atoms with E-state index in [1.165, 1.54) is 4.90 Å². The standard InChI is InChI=1S/C13H14N2O2S/c16-11-13(15-12(17)14-11)6-9(7-13)8-18-10-4-2-1-3-5-10/h1-5,9H,6-8H2,(H2,14,15,16,17). The monoisotopic (exact) mass is 262 g/mol. The van der Waals surface area contributed by atoms with Crippen LogP contribution in [0.25, 0.3) is 0 Å². The molecule has 18 heavy (non-hydrogen) atoms. The third-order valence-electron chi connectivity index (χ3n) is 3.52. The van der Waals surface area contributed by atoms with Crippen molar-refractivity contribution in [3.63, 3.8) is 0 Å². The van der Waals surface area contributed by atoms with Crippen molar-refractivity contribution in [3.8, 4) is 0 Å². The number of amides is 3. The molecule has 0 radical (unpaired) electrons. The number of hydrogen-bond acceptors (Lipinski definition) is 3. The van der Waals surface area contributed by atoms with Gasteiger partial charge in [-0.25, -0.2) is 4.79 Å². The molecule has 1 aromatic carbocycles. The highest BCUT2D eigenvalue weighted by Gasteiger charge is 2.54. The Morgan fingerprint density at radius 2 is 1.94 bits per heavy atom. The number of rotatable bonds is 3. The molecule has 0 atom stereocenters. The lowest BCUT2D eigenvalue weighted by Crippen LogP contribution is -2.57. The van der Waals surface area contributed by atoms with E-state index in [1.54, 1.807) is 11.8 Å². The zero-order valence-electron chi connectivity index (χ0n) is 9.81. The third-order valence-corrected chi connectivity index (χ3v) is 4.76. The van der Waals surface area contributed by atoms with Gasteiger partial charge < -0.3 is 5.32 Å². The van der Waals surface area contributed by atoms with Crippen molar-refractivity contribution in [3.05, 3.63) is 30.3 Å². The number of nitrogens with one attached hydrogen (secondary N) is 2. The minimum atomic E-state index is -0.598. The molecule has 2 fully saturated rings. The van der Waals surface area contributed by atoms with Crippen LogP contribution in [0.1, 0.15) is 12.8 Å². The van der Waals surface area contributed by atoms with Crippen molar-refractivity contribution in [1.29, 1.82) is 0 Å². The van der Waals surface area contributed by atoms with E-state index in [0.717, 1.165) is 18.6 Å². The molecule has 2 N–H and O–H groups in total. The van der Waals surface area contributed by atoms with E-state index in [-0.39, 0.29) is 11.9 Å². The van der Waals surface area contributed by atoms with E-state index in [2.05, 4.69) is 22.8 Å². The largest absolute Gasteiger partial charge is 0.323 e. The summed E-state index contributed by atoms with van der Waals surface area (Å²) in [7, 11) is 0. The maximum atomic E-state index is 11.6. The van der Waals surface area contributed by atoms with E-state index >= 15 is 0 Å². The second-order valence-corrected chi connectivity index (χ2v) is 5.98. The minimum absolute atomic E-state index is 0.159. The van der Waals surface area contributed by atoms with Gasteiger partial charge in [-0.3, -0.25) is 10.1 Å². The Morgan fingerprint density at radius 3 is 2.56 bits per heavy atom. The molecule has 3 amide bonds. The van der Waals surface area contributed by atoms with Crippen LogP contribution in [0.15, 0.2) is 35.2 Å². The number of hydrogen-bond donors (Lipinski definition) is 2. The van der Waals surface area contributed by atoms with Gasteiger partial charge in [0.15, 0.2) is 0 Å². The van der Waals surface area contributed by atoms with Gasteiger partial charge in [0.25, 0.3) is 5.91 Å². The van der Waals surface area contributed by atoms with Crippen LogP contribution >= 0.6 is 11.8 Å². The molecule has 5 heteroatoms. The van der Waals surface area contributed by atoms with Crippen LogP contribution in [0.3, 0.4) is 0 Å². The second kappa shape index (κ2) is 4.31. The Balaban J connectivity index is 1.51. The fourth-order valence-corrected chi connectivity index (χ4v) is 3.60. The molecule has 0 aromatic heterocycles. The van der Waals surface area contributed by atoms with Crippen LogP contribution in [0.4, 0.5) is 4.79 Å². The number of benzene rings is 1. The Hall–Kier alpha value is -1.49. The molecule has 1 aliphatic carbocycles. The lowest BCUT2D eigenvalue weighted by Gasteiger charge is -2.42. The average Bonchev–Trinajstić information content (AvgIpc) is 2.62. The van der Waals surface area contributed by atoms with E-state index in [1.807, 2.05) is 18.2 Å². The first-order valence-corrected chi connectivity index (χ1v) is 6.98. The van der Waals surface area contributed by atoms with E-state index < -0.39 is 5.54 Å². The fourth-order valence-electron chi connectivity index (χ4n) is 2.59. The molecule has 1 saturated heterocycles. The summed E-state index contributed by atoms with van der Waals surface area (Å²) in [6.07, 6.45) is 1.51. The number of carbonyl (C=O) groups is 2. The second-order valence-electron chi connectivity index (χ2n) is 4.89. The molecule has 4 nitrogen and oxygen atoms in total. The van der Waals surface area contributed by atoms with Crippen LogP contribution in [-0.2, 0) is 4.79 Å². The smallest absolute Gasteiger partial charge is 0.322 e. The molecule has 1 spiro atoms. The van der Waals surface area contributed by atoms with Crippen molar-refractivity contribution in [2.45, 2.75) is 23.3 Å². The summed E-state index contributed by atoms with van der Waals surface area (Å²) in [4.78, 5) is 24.0. The van der Waals surface area contributed by atoms with Crippen molar-refractivity contribution in [1.82, 2.24) is 10.6 Å². The quantitative estimate of drug-likeness (QED) is 0.644. The number of carbonyl (C=O) groups excluding carboxylic acids is 2. The van der Waals surface area contributed by atoms with Gasteiger partial charge in [0.05, 0.1) is 0 Å². The summed E-state index contributed by atoms with van der Waals surface area (Å²) < 4.78 is 0. The third kappa shape index (κ3) is 1.99. The molecule has 1 heterocycles. The van der Waals surface area contributed by atoms with Gasteiger partial charge in [0, 0.05) is 10.6 Å². The van der Waals surface area contributed by atoms with Gasteiger partial charge >= 0.3 is 6.03 Å². The summed E-state index contributed by atoms with van der Waals surface area (Å²) in [6, 6.07) is 9.87. The normalized spacial score (nSPS) is 29.9. The molecule has 1 saturated carbocycles. The fraction of sp³-hybridized carbons (Fsp3) is 0.385. The van der Waals surface area contributed by atoms with Crippen molar-refractivity contribution >= 4 is 23.7 Å². The van der Waals surface area contributed by atoms with Crippen molar-refractivity contribution in [2.24, 2.45) is 5.92 Å². The van der Waals surface area contributed by atoms with Crippen LogP contribution in [-0.4, -0.2) is 23.2 Å². The molecule has 3 rings (SSSR count). The molecule has 0 bridgehead atoms. The van der Waals surface area contributed by atoms with Crippen LogP contribution < -0.4 is 10.6 Å². The van der Waals surface area contributed by atoms with Crippen LogP contribution in [0.2, 0.25) is 0 Å². The summed E-state index contributed by atoms with van der Waals surface area (Å²) in [5.41, 5.74) is -0.598. The van der Waals surface area contributed by atoms with E-state index in [9.17, 15) is 9.59 Å². The van der Waals surface area contributed by atoms with Gasteiger partial charge in [-0.2, -0.15) is 0 Å². The van der Waals surface area contributed by atoms with Gasteiger partial charge in [-0.1, -0.05) is 18.2 Å². The lowest BCUT2D eigenvalue weighted by molar-refractivity contribution is -0.128. The average molecular weight is 262 g/mol. The molecule has 0 unspecified atom stereocenters. The maximum Gasteiger partial charge on any atom is 0.322 e. The maximum absolute atomic E-state index is 11.6. The molecule has 94 valence electrons. The molecule has 1 aliphatic heterocycles. The Kier molecular flexibility index (Phi) is 2.78. The van der Waals surface area contributed by atoms with E-state index in [0.29, 0.717) is 5.92 Å². The number of urea groups is 1. The summed E-state index contributed by atoms with van der Waals surface area (Å²) >= 11 is 1.80. The summed E-state index contributed by atoms with van der Waals surface area (Å²) in [5.74, 6) is 1.34. The molecule has 1 aromatic rings. The summed E-state index contributed by atoms with van der Waals surface area (Å²) in [6.45, 7) is 0. The van der Waals surface area contributed by atoms with Gasteiger partial charge in [-0.15, -0.1) is 11.8 Å². The highest BCUT2D eigenvalue weighted by Crippen LogP contribution is 2.42. The number of thioether (sulfide) groups is 1. The zero-order chi connectivity index (χ0) is 12.6. The van der Waals surface area contributed by atoms with Crippen LogP contribution in [0, 0.1) is 5.92 Å². The van der Waals surface area contributed by atoms with Gasteiger partial charge in [-0.05, 0) is 30.9 Å². The first-order valence-electron chi connectivity index (χ1n) is 5.99. The molecular formula is C13H14N2O2S. The van der Waals surface area contributed by atoms with Gasteiger partial charge in [0.1, 0.15) is 5.54 Å². The van der Waals surface area contributed by atoms with Gasteiger partial charge in [0.2, 0.25) is 0 Å². The molecule has 2 aliphatic rings. The number of imide groups is 1. The highest BCUT2D eigenvalue weighted by atomic mass is 32.2. The Labute approximate surface area is 110 Å². The van der Waals surface area contributed by atoms with Crippen LogP contribution in [0.5, 0.6) is 0 Å². The SMILES string of the molecule is O=C1NC(=O)C2(CC(CSc3ccccc3)C2)N1. The first-order chi connectivity index (χ1) is 8.68. The predicted molar refractivity (Wildman–Crippen MR) is 69.3 cm³/mol. The summed E-state index contributed by atoms with van der Waals surface area (Å²) in [5, 5.41) is 5.04. The zero-order valence-corrected chi connectivity index (χ0v) is 10.6. The first kappa shape index (κ1) is 11.6. The Bertz CT molecular complexity index is 483.